The normalized spacial score (nSPS) is 14.9. The summed E-state index contributed by atoms with van der Waals surface area (Å²) in [7, 11) is 1.80. The lowest BCUT2D eigenvalue weighted by molar-refractivity contribution is -0.253. The van der Waals surface area contributed by atoms with Crippen LogP contribution in [0.2, 0.25) is 0 Å². The molecule has 0 aromatic carbocycles. The minimum atomic E-state index is -1.85. The van der Waals surface area contributed by atoms with Crippen LogP contribution >= 0.6 is 0 Å². The fourth-order valence-electron chi connectivity index (χ4n) is 2.15. The lowest BCUT2D eigenvalue weighted by atomic mass is 9.77. The molecule has 118 valence electrons. The molecule has 0 bridgehead atoms. The highest BCUT2D eigenvalue weighted by Gasteiger charge is 2.53. The summed E-state index contributed by atoms with van der Waals surface area (Å²) in [5.74, 6) is -1.47. The second-order valence-electron chi connectivity index (χ2n) is 5.46. The van der Waals surface area contributed by atoms with Gasteiger partial charge < -0.3 is 10.2 Å². The van der Waals surface area contributed by atoms with Gasteiger partial charge in [-0.1, -0.05) is 41.5 Å². The van der Waals surface area contributed by atoms with Gasteiger partial charge in [0.25, 0.3) is 0 Å². The molecule has 20 heavy (non-hydrogen) atoms. The molecular weight excluding hydrogens is 252 g/mol. The average molecular weight is 284 g/mol. The monoisotopic (exact) mass is 284 g/mol. The minimum absolute atomic E-state index is 0.351. The summed E-state index contributed by atoms with van der Waals surface area (Å²) >= 11 is 0. The lowest BCUT2D eigenvalue weighted by Gasteiger charge is -2.37. The van der Waals surface area contributed by atoms with Crippen molar-refractivity contribution in [2.75, 3.05) is 0 Å². The highest BCUT2D eigenvalue weighted by molar-refractivity contribution is 5.17. The highest BCUT2D eigenvalue weighted by atomic mass is 16.5. The average Bonchev–Trinajstić information content (AvgIpc) is 3.22. The Morgan fingerprint density at radius 1 is 1.15 bits per heavy atom. The third-order valence-electron chi connectivity index (χ3n) is 3.97. The molecule has 0 saturated heterocycles. The molecule has 1 aromatic heterocycles. The van der Waals surface area contributed by atoms with Gasteiger partial charge in [0.1, 0.15) is 5.69 Å². The van der Waals surface area contributed by atoms with E-state index in [2.05, 4.69) is 5.10 Å². The summed E-state index contributed by atoms with van der Waals surface area (Å²) < 4.78 is 1.67. The molecule has 4 nitrogen and oxygen atoms in total. The first-order valence-electron chi connectivity index (χ1n) is 7.72. The van der Waals surface area contributed by atoms with E-state index in [-0.39, 0.29) is 0 Å². The molecule has 0 unspecified atom stereocenters. The number of rotatable bonds is 3. The van der Waals surface area contributed by atoms with E-state index in [1.807, 2.05) is 48.5 Å². The van der Waals surface area contributed by atoms with Crippen LogP contribution in [0.3, 0.4) is 0 Å². The third kappa shape index (κ3) is 3.61. The Morgan fingerprint density at radius 2 is 1.60 bits per heavy atom. The number of hydrogen-bond acceptors (Lipinski definition) is 3. The number of aliphatic hydroxyl groups is 2. The summed E-state index contributed by atoms with van der Waals surface area (Å²) in [4.78, 5) is 0. The van der Waals surface area contributed by atoms with Gasteiger partial charge in [-0.15, -0.1) is 0 Å². The van der Waals surface area contributed by atoms with Gasteiger partial charge in [-0.3, -0.25) is 4.68 Å². The van der Waals surface area contributed by atoms with E-state index in [0.29, 0.717) is 11.6 Å². The van der Waals surface area contributed by atoms with Crippen molar-refractivity contribution in [2.45, 2.75) is 67.1 Å². The van der Waals surface area contributed by atoms with Crippen molar-refractivity contribution in [1.82, 2.24) is 9.78 Å². The minimum Gasteiger partial charge on any atom is -0.360 e. The van der Waals surface area contributed by atoms with Crippen molar-refractivity contribution in [2.24, 2.45) is 18.4 Å². The molecule has 1 aliphatic carbocycles. The lowest BCUT2D eigenvalue weighted by Crippen LogP contribution is -2.43. The van der Waals surface area contributed by atoms with Crippen molar-refractivity contribution in [3.8, 4) is 0 Å². The Balaban J connectivity index is 0.000000829. The van der Waals surface area contributed by atoms with E-state index in [1.165, 1.54) is 0 Å². The zero-order valence-corrected chi connectivity index (χ0v) is 14.4. The Bertz CT molecular complexity index is 385. The van der Waals surface area contributed by atoms with Gasteiger partial charge in [0, 0.05) is 18.2 Å². The van der Waals surface area contributed by atoms with Gasteiger partial charge in [0.05, 0.1) is 0 Å². The van der Waals surface area contributed by atoms with Crippen LogP contribution in [0.1, 0.15) is 65.8 Å². The summed E-state index contributed by atoms with van der Waals surface area (Å²) in [5, 5.41) is 24.9. The third-order valence-corrected chi connectivity index (χ3v) is 3.97. The SMILES string of the molecule is CC.CC.Cc1cc(C(O)(O)C(C)(C)C2CC2)nn1C. The first kappa shape index (κ1) is 19.1. The molecule has 1 aromatic rings. The molecule has 0 aliphatic heterocycles. The maximum absolute atomic E-state index is 10.3. The summed E-state index contributed by atoms with van der Waals surface area (Å²) in [5.41, 5.74) is 0.729. The Kier molecular flexibility index (Phi) is 6.91. The first-order valence-corrected chi connectivity index (χ1v) is 7.72. The molecule has 1 aliphatic rings. The molecule has 2 rings (SSSR count). The van der Waals surface area contributed by atoms with Crippen molar-refractivity contribution >= 4 is 0 Å². The predicted molar refractivity (Wildman–Crippen MR) is 83.3 cm³/mol. The fourth-order valence-corrected chi connectivity index (χ4v) is 2.15. The van der Waals surface area contributed by atoms with E-state index in [4.69, 9.17) is 0 Å². The van der Waals surface area contributed by atoms with Gasteiger partial charge in [0.15, 0.2) is 0 Å². The van der Waals surface area contributed by atoms with Crippen LogP contribution in [0.5, 0.6) is 0 Å². The quantitative estimate of drug-likeness (QED) is 0.837. The summed E-state index contributed by atoms with van der Waals surface area (Å²) in [6.07, 6.45) is 2.14. The van der Waals surface area contributed by atoms with E-state index < -0.39 is 11.2 Å². The highest BCUT2D eigenvalue weighted by Crippen LogP contribution is 2.53. The van der Waals surface area contributed by atoms with Crippen molar-refractivity contribution in [3.05, 3.63) is 17.5 Å². The van der Waals surface area contributed by atoms with Crippen LogP contribution in [-0.4, -0.2) is 20.0 Å². The number of aromatic nitrogens is 2. The van der Waals surface area contributed by atoms with Crippen LogP contribution in [0.25, 0.3) is 0 Å². The van der Waals surface area contributed by atoms with E-state index in [9.17, 15) is 10.2 Å². The van der Waals surface area contributed by atoms with Crippen LogP contribution in [-0.2, 0) is 12.8 Å². The topological polar surface area (TPSA) is 58.3 Å². The molecule has 4 heteroatoms. The van der Waals surface area contributed by atoms with Crippen molar-refractivity contribution < 1.29 is 10.2 Å². The van der Waals surface area contributed by atoms with Gasteiger partial charge in [-0.25, -0.2) is 0 Å². The maximum atomic E-state index is 10.3. The van der Waals surface area contributed by atoms with Crippen molar-refractivity contribution in [3.63, 3.8) is 0 Å². The summed E-state index contributed by atoms with van der Waals surface area (Å²) in [6.45, 7) is 13.7. The molecule has 1 heterocycles. The van der Waals surface area contributed by atoms with Gasteiger partial charge in [0.2, 0.25) is 5.79 Å². The van der Waals surface area contributed by atoms with Crippen LogP contribution < -0.4 is 0 Å². The second-order valence-corrected chi connectivity index (χ2v) is 5.46. The number of aryl methyl sites for hydroxylation is 2. The van der Waals surface area contributed by atoms with Crippen LogP contribution in [0.15, 0.2) is 6.07 Å². The molecule has 0 amide bonds. The molecule has 0 spiro atoms. The van der Waals surface area contributed by atoms with Crippen LogP contribution in [0, 0.1) is 18.3 Å². The second kappa shape index (κ2) is 7.23. The van der Waals surface area contributed by atoms with E-state index in [1.54, 1.807) is 17.8 Å². The van der Waals surface area contributed by atoms with Gasteiger partial charge >= 0.3 is 0 Å². The maximum Gasteiger partial charge on any atom is 0.214 e. The smallest absolute Gasteiger partial charge is 0.214 e. The standard InChI is InChI=1S/C12H20N2O2.2C2H6/c1-8-7-10(13-14(8)4)12(15,16)11(2,3)9-5-6-9;2*1-2/h7,9,15-16H,5-6H2,1-4H3;2*1-2H3. The van der Waals surface area contributed by atoms with Gasteiger partial charge in [-0.2, -0.15) is 5.10 Å². The molecule has 2 N–H and O–H groups in total. The van der Waals surface area contributed by atoms with Gasteiger partial charge in [-0.05, 0) is 31.7 Å². The number of nitrogens with zero attached hydrogens (tertiary/aromatic N) is 2. The largest absolute Gasteiger partial charge is 0.360 e. The molecule has 0 atom stereocenters. The molecular formula is C16H32N2O2. The zero-order chi connectivity index (χ0) is 16.1. The van der Waals surface area contributed by atoms with Crippen molar-refractivity contribution in [1.29, 1.82) is 0 Å². The molecule has 0 radical (unpaired) electrons. The molecule has 1 saturated carbocycles. The zero-order valence-electron chi connectivity index (χ0n) is 14.4. The predicted octanol–water partition coefficient (Wildman–Crippen LogP) is 3.35. The summed E-state index contributed by atoms with van der Waals surface area (Å²) in [6, 6.07) is 1.74. The van der Waals surface area contributed by atoms with E-state index in [0.717, 1.165) is 18.5 Å². The Hall–Kier alpha value is -0.870. The Morgan fingerprint density at radius 3 is 1.90 bits per heavy atom. The van der Waals surface area contributed by atoms with E-state index >= 15 is 0 Å². The Labute approximate surface area is 123 Å². The molecule has 1 fully saturated rings. The first-order chi connectivity index (χ1) is 9.26. The fraction of sp³-hybridized carbons (Fsp3) is 0.812. The van der Waals surface area contributed by atoms with Crippen LogP contribution in [0.4, 0.5) is 0 Å². The number of hydrogen-bond donors (Lipinski definition) is 2.